The van der Waals surface area contributed by atoms with Gasteiger partial charge in [-0.2, -0.15) is 5.10 Å². The molecule has 0 aromatic heterocycles. The molecular formula is C8H14N2S. The van der Waals surface area contributed by atoms with Gasteiger partial charge in [-0.05, 0) is 6.42 Å². The standard InChI is InChI=1S/C8H14N2S/c1-2-3-4-5-7-6-9-10-8(7)11/h6-7H,2-5H2,1H3,(H,10,11). The summed E-state index contributed by atoms with van der Waals surface area (Å²) in [5.74, 6) is 0.413. The molecule has 0 aromatic rings. The van der Waals surface area contributed by atoms with Crippen LogP contribution in [0.25, 0.3) is 0 Å². The average molecular weight is 170 g/mol. The van der Waals surface area contributed by atoms with Gasteiger partial charge < -0.3 is 0 Å². The molecule has 1 heterocycles. The third-order valence-electron chi connectivity index (χ3n) is 1.88. The van der Waals surface area contributed by atoms with Crippen LogP contribution >= 0.6 is 12.2 Å². The number of hydrogen-bond acceptors (Lipinski definition) is 2. The molecular weight excluding hydrogens is 156 g/mol. The van der Waals surface area contributed by atoms with Crippen LogP contribution in [0.5, 0.6) is 0 Å². The Morgan fingerprint density at radius 2 is 2.45 bits per heavy atom. The molecule has 1 aliphatic rings. The lowest BCUT2D eigenvalue weighted by Gasteiger charge is -2.04. The van der Waals surface area contributed by atoms with E-state index in [1.54, 1.807) is 0 Å². The SMILES string of the molecule is CCCCCC1C=NNC1=S. The van der Waals surface area contributed by atoms with Crippen LogP contribution in [0.2, 0.25) is 0 Å². The average Bonchev–Trinajstić information content (AvgIpc) is 2.37. The maximum absolute atomic E-state index is 5.05. The Morgan fingerprint density at radius 3 is 3.00 bits per heavy atom. The zero-order valence-corrected chi connectivity index (χ0v) is 7.66. The van der Waals surface area contributed by atoms with Crippen molar-refractivity contribution < 1.29 is 0 Å². The predicted octanol–water partition coefficient (Wildman–Crippen LogP) is 2.10. The topological polar surface area (TPSA) is 24.4 Å². The second-order valence-corrected chi connectivity index (χ2v) is 3.30. The van der Waals surface area contributed by atoms with Crippen LogP contribution in [-0.4, -0.2) is 11.2 Å². The summed E-state index contributed by atoms with van der Waals surface area (Å²) in [7, 11) is 0. The fourth-order valence-corrected chi connectivity index (χ4v) is 1.39. The maximum atomic E-state index is 5.05. The van der Waals surface area contributed by atoms with Gasteiger partial charge in [0.2, 0.25) is 0 Å². The summed E-state index contributed by atoms with van der Waals surface area (Å²) in [6.45, 7) is 2.21. The van der Waals surface area contributed by atoms with Gasteiger partial charge in [0.25, 0.3) is 0 Å². The van der Waals surface area contributed by atoms with E-state index in [-0.39, 0.29) is 0 Å². The van der Waals surface area contributed by atoms with E-state index in [0.29, 0.717) is 5.92 Å². The quantitative estimate of drug-likeness (QED) is 0.516. The Bertz CT molecular complexity index is 165. The van der Waals surface area contributed by atoms with Gasteiger partial charge in [0, 0.05) is 12.1 Å². The Morgan fingerprint density at radius 1 is 1.64 bits per heavy atom. The van der Waals surface area contributed by atoms with Crippen LogP contribution in [0.3, 0.4) is 0 Å². The van der Waals surface area contributed by atoms with Crippen LogP contribution in [0, 0.1) is 5.92 Å². The second kappa shape index (κ2) is 4.44. The van der Waals surface area contributed by atoms with E-state index in [2.05, 4.69) is 17.5 Å². The maximum Gasteiger partial charge on any atom is 0.105 e. The number of unbranched alkanes of at least 4 members (excludes halogenated alkanes) is 2. The third kappa shape index (κ3) is 2.58. The highest BCUT2D eigenvalue weighted by Crippen LogP contribution is 2.11. The van der Waals surface area contributed by atoms with Crippen LogP contribution < -0.4 is 5.43 Å². The van der Waals surface area contributed by atoms with E-state index in [9.17, 15) is 0 Å². The smallest absolute Gasteiger partial charge is 0.105 e. The molecule has 1 atom stereocenters. The van der Waals surface area contributed by atoms with Gasteiger partial charge in [0.1, 0.15) is 4.99 Å². The van der Waals surface area contributed by atoms with Crippen molar-refractivity contribution in [1.82, 2.24) is 5.43 Å². The summed E-state index contributed by atoms with van der Waals surface area (Å²) < 4.78 is 0. The minimum absolute atomic E-state index is 0.413. The molecule has 62 valence electrons. The van der Waals surface area contributed by atoms with Crippen LogP contribution in [0.1, 0.15) is 32.6 Å². The molecule has 0 bridgehead atoms. The molecule has 0 amide bonds. The highest BCUT2D eigenvalue weighted by atomic mass is 32.1. The van der Waals surface area contributed by atoms with Crippen molar-refractivity contribution >= 4 is 23.4 Å². The Kier molecular flexibility index (Phi) is 3.49. The summed E-state index contributed by atoms with van der Waals surface area (Å²) in [6.07, 6.45) is 6.90. The van der Waals surface area contributed by atoms with Gasteiger partial charge >= 0.3 is 0 Å². The molecule has 1 N–H and O–H groups in total. The lowest BCUT2D eigenvalue weighted by Crippen LogP contribution is -2.17. The highest BCUT2D eigenvalue weighted by Gasteiger charge is 2.15. The molecule has 0 aromatic carbocycles. The van der Waals surface area contributed by atoms with Crippen molar-refractivity contribution in [2.75, 3.05) is 0 Å². The molecule has 2 nitrogen and oxygen atoms in total. The van der Waals surface area contributed by atoms with Crippen molar-refractivity contribution in [2.45, 2.75) is 32.6 Å². The first-order valence-electron chi connectivity index (χ1n) is 4.17. The van der Waals surface area contributed by atoms with Crippen molar-refractivity contribution in [3.8, 4) is 0 Å². The highest BCUT2D eigenvalue weighted by molar-refractivity contribution is 7.80. The molecule has 0 saturated heterocycles. The first-order valence-corrected chi connectivity index (χ1v) is 4.58. The summed E-state index contributed by atoms with van der Waals surface area (Å²) in [4.78, 5) is 0.890. The molecule has 3 heteroatoms. The number of rotatable bonds is 4. The fraction of sp³-hybridized carbons (Fsp3) is 0.750. The summed E-state index contributed by atoms with van der Waals surface area (Å²) >= 11 is 5.05. The Labute approximate surface area is 73.1 Å². The number of nitrogens with zero attached hydrogens (tertiary/aromatic N) is 1. The van der Waals surface area contributed by atoms with E-state index in [1.807, 2.05) is 6.21 Å². The molecule has 0 spiro atoms. The molecule has 0 radical (unpaired) electrons. The van der Waals surface area contributed by atoms with Crippen molar-refractivity contribution in [2.24, 2.45) is 11.0 Å². The number of hydrogen-bond donors (Lipinski definition) is 1. The monoisotopic (exact) mass is 170 g/mol. The molecule has 0 aliphatic carbocycles. The number of thiocarbonyl (C=S) groups is 1. The summed E-state index contributed by atoms with van der Waals surface area (Å²) in [5, 5.41) is 3.91. The van der Waals surface area contributed by atoms with Crippen LogP contribution in [0.15, 0.2) is 5.10 Å². The zero-order valence-electron chi connectivity index (χ0n) is 6.84. The summed E-state index contributed by atoms with van der Waals surface area (Å²) in [5.41, 5.74) is 2.80. The minimum Gasteiger partial charge on any atom is -0.271 e. The van der Waals surface area contributed by atoms with Gasteiger partial charge in [-0.15, -0.1) is 0 Å². The first kappa shape index (κ1) is 8.65. The lowest BCUT2D eigenvalue weighted by atomic mass is 10.0. The van der Waals surface area contributed by atoms with Gasteiger partial charge in [-0.25, -0.2) is 0 Å². The lowest BCUT2D eigenvalue weighted by molar-refractivity contribution is 0.652. The number of hydrazone groups is 1. The normalized spacial score (nSPS) is 22.3. The van der Waals surface area contributed by atoms with E-state index in [0.717, 1.165) is 11.4 Å². The molecule has 0 saturated carbocycles. The molecule has 1 rings (SSSR count). The Balaban J connectivity index is 2.15. The van der Waals surface area contributed by atoms with Crippen LogP contribution in [-0.2, 0) is 0 Å². The van der Waals surface area contributed by atoms with Gasteiger partial charge in [0.15, 0.2) is 0 Å². The molecule has 11 heavy (non-hydrogen) atoms. The van der Waals surface area contributed by atoms with Crippen molar-refractivity contribution in [3.63, 3.8) is 0 Å². The minimum atomic E-state index is 0.413. The fourth-order valence-electron chi connectivity index (χ4n) is 1.16. The number of nitrogens with one attached hydrogen (secondary N) is 1. The van der Waals surface area contributed by atoms with E-state index >= 15 is 0 Å². The van der Waals surface area contributed by atoms with Crippen molar-refractivity contribution in [1.29, 1.82) is 0 Å². The zero-order chi connectivity index (χ0) is 8.10. The first-order chi connectivity index (χ1) is 5.34. The van der Waals surface area contributed by atoms with Gasteiger partial charge in [-0.1, -0.05) is 38.4 Å². The summed E-state index contributed by atoms with van der Waals surface area (Å²) in [6, 6.07) is 0. The third-order valence-corrected chi connectivity index (χ3v) is 2.28. The van der Waals surface area contributed by atoms with E-state index in [4.69, 9.17) is 12.2 Å². The molecule has 1 aliphatic heterocycles. The molecule has 0 fully saturated rings. The van der Waals surface area contributed by atoms with Gasteiger partial charge in [0.05, 0.1) is 0 Å². The van der Waals surface area contributed by atoms with Crippen molar-refractivity contribution in [3.05, 3.63) is 0 Å². The van der Waals surface area contributed by atoms with E-state index in [1.165, 1.54) is 19.3 Å². The second-order valence-electron chi connectivity index (χ2n) is 2.86. The molecule has 1 unspecified atom stereocenters. The van der Waals surface area contributed by atoms with Gasteiger partial charge in [-0.3, -0.25) is 5.43 Å². The van der Waals surface area contributed by atoms with Crippen LogP contribution in [0.4, 0.5) is 0 Å². The Hall–Kier alpha value is -0.440. The predicted molar refractivity (Wildman–Crippen MR) is 51.9 cm³/mol. The largest absolute Gasteiger partial charge is 0.271 e. The van der Waals surface area contributed by atoms with E-state index < -0.39 is 0 Å².